The Labute approximate surface area is 153 Å². The van der Waals surface area contributed by atoms with E-state index in [0.29, 0.717) is 19.8 Å². The summed E-state index contributed by atoms with van der Waals surface area (Å²) in [6.07, 6.45) is 7.47. The van der Waals surface area contributed by atoms with Crippen LogP contribution < -0.4 is 0 Å². The van der Waals surface area contributed by atoms with E-state index in [1.807, 2.05) is 53.2 Å². The fourth-order valence-electron chi connectivity index (χ4n) is 4.13. The molecule has 2 saturated heterocycles. The lowest BCUT2D eigenvalue weighted by molar-refractivity contribution is -0.0603. The van der Waals surface area contributed by atoms with Gasteiger partial charge in [-0.05, 0) is 36.6 Å². The van der Waals surface area contributed by atoms with Gasteiger partial charge in [0.05, 0.1) is 19.3 Å². The first-order valence-electron chi connectivity index (χ1n) is 9.17. The van der Waals surface area contributed by atoms with Crippen LogP contribution in [0.25, 0.3) is 0 Å². The van der Waals surface area contributed by atoms with E-state index in [-0.39, 0.29) is 17.4 Å². The molecule has 0 unspecified atom stereocenters. The van der Waals surface area contributed by atoms with Gasteiger partial charge in [0.1, 0.15) is 5.69 Å². The molecule has 2 aliphatic rings. The molecule has 0 saturated carbocycles. The van der Waals surface area contributed by atoms with Gasteiger partial charge in [0.2, 0.25) is 0 Å². The lowest BCUT2D eigenvalue weighted by Crippen LogP contribution is -2.53. The van der Waals surface area contributed by atoms with Crippen molar-refractivity contribution < 1.29 is 14.3 Å². The van der Waals surface area contributed by atoms with Crippen LogP contribution in [-0.2, 0) is 23.1 Å². The Morgan fingerprint density at radius 1 is 1.42 bits per heavy atom. The standard InChI is InChI=1S/C20H25N3O3/c1-22-9-3-5-17(22)19(24)23-10-6-18-20(14-23,7-11-26-18)15-25-13-16-4-2-8-21-12-16/h2-5,8-9,12,18H,6-7,10-11,13-15H2,1H3/t18-,20+/m0/s1. The lowest BCUT2D eigenvalue weighted by Gasteiger charge is -2.43. The molecule has 0 aliphatic carbocycles. The largest absolute Gasteiger partial charge is 0.377 e. The first-order chi connectivity index (χ1) is 12.7. The fourth-order valence-corrected chi connectivity index (χ4v) is 4.13. The van der Waals surface area contributed by atoms with Crippen molar-refractivity contribution in [2.75, 3.05) is 26.3 Å². The molecule has 2 aromatic rings. The first-order valence-corrected chi connectivity index (χ1v) is 9.17. The molecule has 0 spiro atoms. The van der Waals surface area contributed by atoms with E-state index in [1.54, 1.807) is 6.20 Å². The minimum atomic E-state index is -0.110. The van der Waals surface area contributed by atoms with Crippen LogP contribution in [0.1, 0.15) is 28.9 Å². The molecule has 4 rings (SSSR count). The average Bonchev–Trinajstić information content (AvgIpc) is 3.27. The summed E-state index contributed by atoms with van der Waals surface area (Å²) in [6, 6.07) is 7.72. The Kier molecular flexibility index (Phi) is 4.78. The summed E-state index contributed by atoms with van der Waals surface area (Å²) in [5.74, 6) is 0.0921. The molecule has 138 valence electrons. The van der Waals surface area contributed by atoms with Crippen molar-refractivity contribution in [2.45, 2.75) is 25.6 Å². The van der Waals surface area contributed by atoms with Gasteiger partial charge in [-0.3, -0.25) is 9.78 Å². The van der Waals surface area contributed by atoms with Crippen LogP contribution in [0.5, 0.6) is 0 Å². The predicted octanol–water partition coefficient (Wildman–Crippen LogP) is 2.26. The fraction of sp³-hybridized carbons (Fsp3) is 0.500. The number of rotatable bonds is 5. The number of nitrogens with zero attached hydrogens (tertiary/aromatic N) is 3. The van der Waals surface area contributed by atoms with E-state index in [1.165, 1.54) is 0 Å². The summed E-state index contributed by atoms with van der Waals surface area (Å²) in [7, 11) is 1.91. The normalized spacial score (nSPS) is 25.3. The van der Waals surface area contributed by atoms with Crippen LogP contribution in [0, 0.1) is 5.41 Å². The molecular formula is C20H25N3O3. The maximum Gasteiger partial charge on any atom is 0.270 e. The van der Waals surface area contributed by atoms with Gasteiger partial charge in [0, 0.05) is 50.7 Å². The van der Waals surface area contributed by atoms with Gasteiger partial charge in [0.25, 0.3) is 5.91 Å². The zero-order chi connectivity index (χ0) is 18.0. The van der Waals surface area contributed by atoms with E-state index in [0.717, 1.165) is 37.3 Å². The topological polar surface area (TPSA) is 56.6 Å². The van der Waals surface area contributed by atoms with E-state index in [4.69, 9.17) is 9.47 Å². The molecular weight excluding hydrogens is 330 g/mol. The third-order valence-corrected chi connectivity index (χ3v) is 5.60. The van der Waals surface area contributed by atoms with Crippen molar-refractivity contribution in [3.8, 4) is 0 Å². The number of aromatic nitrogens is 2. The summed E-state index contributed by atoms with van der Waals surface area (Å²) in [5.41, 5.74) is 1.68. The molecule has 2 aromatic heterocycles. The van der Waals surface area contributed by atoms with Gasteiger partial charge in [-0.25, -0.2) is 0 Å². The van der Waals surface area contributed by atoms with Gasteiger partial charge in [-0.1, -0.05) is 6.07 Å². The monoisotopic (exact) mass is 355 g/mol. The molecule has 4 heterocycles. The maximum absolute atomic E-state index is 12.9. The quantitative estimate of drug-likeness (QED) is 0.826. The summed E-state index contributed by atoms with van der Waals surface area (Å²) in [4.78, 5) is 19.0. The van der Waals surface area contributed by atoms with Crippen LogP contribution in [-0.4, -0.2) is 52.8 Å². The SMILES string of the molecule is Cn1cccc1C(=O)N1CC[C@@H]2OCC[C@]2(COCc2cccnc2)C1. The predicted molar refractivity (Wildman–Crippen MR) is 96.6 cm³/mol. The van der Waals surface area contributed by atoms with Gasteiger partial charge >= 0.3 is 0 Å². The molecule has 1 amide bonds. The number of likely N-dealkylation sites (tertiary alicyclic amines) is 1. The lowest BCUT2D eigenvalue weighted by atomic mass is 9.77. The van der Waals surface area contributed by atoms with Crippen LogP contribution in [0.3, 0.4) is 0 Å². The molecule has 0 N–H and O–H groups in total. The minimum absolute atomic E-state index is 0.0921. The van der Waals surface area contributed by atoms with E-state index in [2.05, 4.69) is 4.98 Å². The first kappa shape index (κ1) is 17.2. The smallest absolute Gasteiger partial charge is 0.270 e. The summed E-state index contributed by atoms with van der Waals surface area (Å²) < 4.78 is 13.9. The number of aryl methyl sites for hydroxylation is 1. The second-order valence-electron chi connectivity index (χ2n) is 7.35. The molecule has 2 atom stereocenters. The van der Waals surface area contributed by atoms with Crippen molar-refractivity contribution in [1.29, 1.82) is 0 Å². The van der Waals surface area contributed by atoms with Crippen LogP contribution >= 0.6 is 0 Å². The zero-order valence-electron chi connectivity index (χ0n) is 15.1. The second-order valence-corrected chi connectivity index (χ2v) is 7.35. The minimum Gasteiger partial charge on any atom is -0.377 e. The number of hydrogen-bond acceptors (Lipinski definition) is 4. The number of ether oxygens (including phenoxy) is 2. The van der Waals surface area contributed by atoms with Crippen LogP contribution in [0.15, 0.2) is 42.9 Å². The Balaban J connectivity index is 1.44. The van der Waals surface area contributed by atoms with Gasteiger partial charge < -0.3 is 18.9 Å². The van der Waals surface area contributed by atoms with E-state index in [9.17, 15) is 4.79 Å². The number of carbonyl (C=O) groups is 1. The number of hydrogen-bond donors (Lipinski definition) is 0. The van der Waals surface area contributed by atoms with E-state index < -0.39 is 0 Å². The third kappa shape index (κ3) is 3.27. The number of fused-ring (bicyclic) bond motifs is 1. The number of carbonyl (C=O) groups excluding carboxylic acids is 1. The molecule has 0 bridgehead atoms. The molecule has 2 aliphatic heterocycles. The molecule has 6 heteroatoms. The number of piperidine rings is 1. The maximum atomic E-state index is 12.9. The Hall–Kier alpha value is -2.18. The van der Waals surface area contributed by atoms with Crippen LogP contribution in [0.4, 0.5) is 0 Å². The van der Waals surface area contributed by atoms with Crippen molar-refractivity contribution in [3.63, 3.8) is 0 Å². The summed E-state index contributed by atoms with van der Waals surface area (Å²) >= 11 is 0. The van der Waals surface area contributed by atoms with Crippen molar-refractivity contribution in [2.24, 2.45) is 12.5 Å². The second kappa shape index (κ2) is 7.21. The highest BCUT2D eigenvalue weighted by Gasteiger charge is 2.49. The van der Waals surface area contributed by atoms with E-state index >= 15 is 0 Å². The highest BCUT2D eigenvalue weighted by molar-refractivity contribution is 5.92. The van der Waals surface area contributed by atoms with Crippen LogP contribution in [0.2, 0.25) is 0 Å². The molecule has 0 radical (unpaired) electrons. The number of amides is 1. The molecule has 0 aromatic carbocycles. The summed E-state index contributed by atoms with van der Waals surface area (Å²) in [5, 5.41) is 0. The Bertz CT molecular complexity index is 761. The third-order valence-electron chi connectivity index (χ3n) is 5.60. The van der Waals surface area contributed by atoms with Crippen molar-refractivity contribution >= 4 is 5.91 Å². The molecule has 2 fully saturated rings. The number of pyridine rings is 1. The Morgan fingerprint density at radius 2 is 2.35 bits per heavy atom. The van der Waals surface area contributed by atoms with Gasteiger partial charge in [-0.15, -0.1) is 0 Å². The summed E-state index contributed by atoms with van der Waals surface area (Å²) in [6.45, 7) is 3.30. The van der Waals surface area contributed by atoms with Crippen molar-refractivity contribution in [3.05, 3.63) is 54.1 Å². The van der Waals surface area contributed by atoms with Gasteiger partial charge in [-0.2, -0.15) is 0 Å². The molecule has 6 nitrogen and oxygen atoms in total. The highest BCUT2D eigenvalue weighted by Crippen LogP contribution is 2.41. The Morgan fingerprint density at radius 3 is 3.12 bits per heavy atom. The van der Waals surface area contributed by atoms with Crippen molar-refractivity contribution in [1.82, 2.24) is 14.5 Å². The van der Waals surface area contributed by atoms with Gasteiger partial charge in [0.15, 0.2) is 0 Å². The highest BCUT2D eigenvalue weighted by atomic mass is 16.5. The molecule has 26 heavy (non-hydrogen) atoms. The average molecular weight is 355 g/mol. The zero-order valence-corrected chi connectivity index (χ0v) is 15.1.